The van der Waals surface area contributed by atoms with Gasteiger partial charge in [-0.15, -0.1) is 0 Å². The molecule has 1 unspecified atom stereocenters. The summed E-state index contributed by atoms with van der Waals surface area (Å²) in [5.41, 5.74) is 5.47. The Labute approximate surface area is 200 Å². The van der Waals surface area contributed by atoms with Gasteiger partial charge in [-0.05, 0) is 67.1 Å². The Kier molecular flexibility index (Phi) is 6.77. The number of halogens is 1. The van der Waals surface area contributed by atoms with Gasteiger partial charge in [0.1, 0.15) is 5.83 Å². The van der Waals surface area contributed by atoms with Crippen LogP contribution in [0.2, 0.25) is 0 Å². The third-order valence-electron chi connectivity index (χ3n) is 6.74. The van der Waals surface area contributed by atoms with E-state index in [0.717, 1.165) is 55.9 Å². The van der Waals surface area contributed by atoms with Gasteiger partial charge in [0.15, 0.2) is 0 Å². The van der Waals surface area contributed by atoms with E-state index in [1.807, 2.05) is 22.9 Å². The van der Waals surface area contributed by atoms with Crippen molar-refractivity contribution < 1.29 is 4.39 Å². The molecule has 6 heteroatoms. The zero-order chi connectivity index (χ0) is 23.3. The van der Waals surface area contributed by atoms with Gasteiger partial charge in [-0.3, -0.25) is 0 Å². The molecule has 0 spiro atoms. The summed E-state index contributed by atoms with van der Waals surface area (Å²) >= 11 is 0. The quantitative estimate of drug-likeness (QED) is 0.440. The van der Waals surface area contributed by atoms with Gasteiger partial charge in [0.2, 0.25) is 0 Å². The normalized spacial score (nSPS) is 18.9. The molecule has 1 fully saturated rings. The standard InChI is InChI=1S/C28H30FN5/c1-21(22-7-3-2-4-8-22)14-18-33-17-5-9-24(20-33)27-19-26(23-10-12-25(29)13-11-23)32-34(27)28-30-15-6-16-31-28/h2-4,6-8,10,12,15-16,19,24H,1,5,9,11,13-14,17-18,20H2. The lowest BCUT2D eigenvalue weighted by molar-refractivity contribution is 0.209. The maximum Gasteiger partial charge on any atom is 0.250 e. The molecule has 0 saturated carbocycles. The Bertz CT molecular complexity index is 1200. The SMILES string of the molecule is C=C(CCN1CCCC(c2cc(C3=CC=C(F)CC3)nn2-c2ncccn2)C1)c1ccccc1. The minimum atomic E-state index is -0.0742. The van der Waals surface area contributed by atoms with Gasteiger partial charge in [-0.25, -0.2) is 19.0 Å². The number of likely N-dealkylation sites (tertiary alicyclic amines) is 1. The van der Waals surface area contributed by atoms with Crippen molar-refractivity contribution in [1.29, 1.82) is 0 Å². The van der Waals surface area contributed by atoms with Gasteiger partial charge in [0.25, 0.3) is 5.95 Å². The molecular weight excluding hydrogens is 425 g/mol. The number of allylic oxidation sites excluding steroid dienone is 4. The van der Waals surface area contributed by atoms with Gasteiger partial charge in [-0.2, -0.15) is 5.10 Å². The van der Waals surface area contributed by atoms with Crippen molar-refractivity contribution in [2.75, 3.05) is 19.6 Å². The molecule has 0 radical (unpaired) electrons. The third kappa shape index (κ3) is 5.07. The van der Waals surface area contributed by atoms with Crippen molar-refractivity contribution >= 4 is 11.1 Å². The van der Waals surface area contributed by atoms with Crippen molar-refractivity contribution in [3.8, 4) is 5.95 Å². The monoisotopic (exact) mass is 455 g/mol. The maximum absolute atomic E-state index is 13.6. The van der Waals surface area contributed by atoms with Crippen LogP contribution in [0.15, 0.2) is 79.4 Å². The van der Waals surface area contributed by atoms with Crippen LogP contribution in [0, 0.1) is 0 Å². The van der Waals surface area contributed by atoms with Crippen LogP contribution in [0.4, 0.5) is 4.39 Å². The first-order chi connectivity index (χ1) is 16.7. The highest BCUT2D eigenvalue weighted by Gasteiger charge is 2.27. The second kappa shape index (κ2) is 10.3. The molecule has 0 amide bonds. The Morgan fingerprint density at radius 2 is 1.88 bits per heavy atom. The van der Waals surface area contributed by atoms with Crippen LogP contribution >= 0.6 is 0 Å². The molecule has 5 rings (SSSR count). The van der Waals surface area contributed by atoms with E-state index in [-0.39, 0.29) is 5.83 Å². The molecule has 0 N–H and O–H groups in total. The van der Waals surface area contributed by atoms with Gasteiger partial charge >= 0.3 is 0 Å². The Balaban J connectivity index is 1.36. The van der Waals surface area contributed by atoms with Crippen LogP contribution in [-0.4, -0.2) is 44.3 Å². The first-order valence-corrected chi connectivity index (χ1v) is 12.1. The summed E-state index contributed by atoms with van der Waals surface area (Å²) in [6.07, 6.45) is 11.2. The molecule has 3 aromatic rings. The fourth-order valence-corrected chi connectivity index (χ4v) is 4.84. The van der Waals surface area contributed by atoms with Crippen molar-refractivity contribution in [3.05, 3.63) is 96.4 Å². The predicted octanol–water partition coefficient (Wildman–Crippen LogP) is 5.98. The lowest BCUT2D eigenvalue weighted by Gasteiger charge is -2.33. The highest BCUT2D eigenvalue weighted by molar-refractivity contribution is 5.66. The van der Waals surface area contributed by atoms with E-state index >= 15 is 0 Å². The maximum atomic E-state index is 13.6. The van der Waals surface area contributed by atoms with Gasteiger partial charge < -0.3 is 4.90 Å². The van der Waals surface area contributed by atoms with Crippen LogP contribution in [0.25, 0.3) is 17.1 Å². The third-order valence-corrected chi connectivity index (χ3v) is 6.74. The molecule has 1 aliphatic heterocycles. The molecule has 1 atom stereocenters. The highest BCUT2D eigenvalue weighted by atomic mass is 19.1. The summed E-state index contributed by atoms with van der Waals surface area (Å²) in [5.74, 6) is 0.839. The molecule has 2 aliphatic rings. The molecule has 1 aromatic carbocycles. The van der Waals surface area contributed by atoms with Crippen LogP contribution in [0.1, 0.15) is 55.0 Å². The van der Waals surface area contributed by atoms with E-state index in [9.17, 15) is 4.39 Å². The van der Waals surface area contributed by atoms with Gasteiger partial charge in [0, 0.05) is 37.8 Å². The molecule has 5 nitrogen and oxygen atoms in total. The van der Waals surface area contributed by atoms with Crippen molar-refractivity contribution in [2.24, 2.45) is 0 Å². The van der Waals surface area contributed by atoms with Crippen LogP contribution in [-0.2, 0) is 0 Å². The summed E-state index contributed by atoms with van der Waals surface area (Å²) < 4.78 is 15.4. The van der Waals surface area contributed by atoms with Crippen LogP contribution in [0.3, 0.4) is 0 Å². The number of benzene rings is 1. The first kappa shape index (κ1) is 22.4. The lowest BCUT2D eigenvalue weighted by Crippen LogP contribution is -2.35. The molecule has 174 valence electrons. The summed E-state index contributed by atoms with van der Waals surface area (Å²) in [4.78, 5) is 11.5. The summed E-state index contributed by atoms with van der Waals surface area (Å²) in [5, 5.41) is 4.88. The van der Waals surface area contributed by atoms with E-state index in [0.29, 0.717) is 24.7 Å². The second-order valence-electron chi connectivity index (χ2n) is 9.08. The minimum Gasteiger partial charge on any atom is -0.302 e. The van der Waals surface area contributed by atoms with Crippen LogP contribution < -0.4 is 0 Å². The molecule has 0 bridgehead atoms. The van der Waals surface area contributed by atoms with Crippen molar-refractivity contribution in [2.45, 2.75) is 38.0 Å². The largest absolute Gasteiger partial charge is 0.302 e. The second-order valence-corrected chi connectivity index (χ2v) is 9.08. The van der Waals surface area contributed by atoms with E-state index in [1.54, 1.807) is 18.5 Å². The fourth-order valence-electron chi connectivity index (χ4n) is 4.84. The zero-order valence-electron chi connectivity index (χ0n) is 19.4. The van der Waals surface area contributed by atoms with E-state index in [2.05, 4.69) is 51.8 Å². The predicted molar refractivity (Wildman–Crippen MR) is 134 cm³/mol. The number of aromatic nitrogens is 4. The first-order valence-electron chi connectivity index (χ1n) is 12.1. The van der Waals surface area contributed by atoms with E-state index in [4.69, 9.17) is 5.10 Å². The summed E-state index contributed by atoms with van der Waals surface area (Å²) in [6, 6.07) is 14.4. The summed E-state index contributed by atoms with van der Waals surface area (Å²) in [7, 11) is 0. The minimum absolute atomic E-state index is 0.0742. The molecule has 3 heterocycles. The molecule has 34 heavy (non-hydrogen) atoms. The Morgan fingerprint density at radius 1 is 1.06 bits per heavy atom. The van der Waals surface area contributed by atoms with Crippen molar-refractivity contribution in [1.82, 2.24) is 24.6 Å². The van der Waals surface area contributed by atoms with Crippen molar-refractivity contribution in [3.63, 3.8) is 0 Å². The Morgan fingerprint density at radius 3 is 2.65 bits per heavy atom. The number of hydrogen-bond donors (Lipinski definition) is 0. The topological polar surface area (TPSA) is 46.8 Å². The van der Waals surface area contributed by atoms with E-state index in [1.165, 1.54) is 11.1 Å². The number of hydrogen-bond acceptors (Lipinski definition) is 4. The number of piperidine rings is 1. The average Bonchev–Trinajstić information content (AvgIpc) is 3.34. The smallest absolute Gasteiger partial charge is 0.250 e. The Hall–Kier alpha value is -3.38. The van der Waals surface area contributed by atoms with E-state index < -0.39 is 0 Å². The molecule has 2 aromatic heterocycles. The lowest BCUT2D eigenvalue weighted by atomic mass is 9.93. The van der Waals surface area contributed by atoms with Crippen LogP contribution in [0.5, 0.6) is 0 Å². The molecule has 1 saturated heterocycles. The van der Waals surface area contributed by atoms with Gasteiger partial charge in [0.05, 0.1) is 11.4 Å². The fraction of sp³-hybridized carbons (Fsp3) is 0.321. The number of rotatable bonds is 7. The molecule has 1 aliphatic carbocycles. The number of nitrogens with zero attached hydrogens (tertiary/aromatic N) is 5. The highest BCUT2D eigenvalue weighted by Crippen LogP contribution is 2.33. The molecular formula is C28H30FN5. The summed E-state index contributed by atoms with van der Waals surface area (Å²) in [6.45, 7) is 7.35. The zero-order valence-corrected chi connectivity index (χ0v) is 19.4. The van der Waals surface area contributed by atoms with Gasteiger partial charge in [-0.1, -0.05) is 43.0 Å². The average molecular weight is 456 g/mol.